The lowest BCUT2D eigenvalue weighted by Crippen LogP contribution is -2.42. The van der Waals surface area contributed by atoms with Gasteiger partial charge in [0.15, 0.2) is 0 Å². The van der Waals surface area contributed by atoms with E-state index in [9.17, 15) is 4.79 Å². The van der Waals surface area contributed by atoms with Gasteiger partial charge in [-0.15, -0.1) is 0 Å². The van der Waals surface area contributed by atoms with Gasteiger partial charge >= 0.3 is 0 Å². The van der Waals surface area contributed by atoms with Crippen LogP contribution in [-0.4, -0.2) is 26.5 Å². The van der Waals surface area contributed by atoms with Gasteiger partial charge in [0, 0.05) is 24.6 Å². The third-order valence-corrected chi connectivity index (χ3v) is 4.53. The molecule has 2 aromatic rings. The third kappa shape index (κ3) is 3.18. The average molecular weight is 298 g/mol. The van der Waals surface area contributed by atoms with Crippen LogP contribution >= 0.6 is 0 Å². The molecule has 1 amide bonds. The fourth-order valence-electron chi connectivity index (χ4n) is 3.24. The van der Waals surface area contributed by atoms with Gasteiger partial charge in [-0.3, -0.25) is 9.78 Å². The van der Waals surface area contributed by atoms with Gasteiger partial charge in [0.05, 0.1) is 12.0 Å². The Hall–Kier alpha value is -2.17. The predicted octanol–water partition coefficient (Wildman–Crippen LogP) is 2.82. The molecule has 0 bridgehead atoms. The molecule has 3 rings (SSSR count). The van der Waals surface area contributed by atoms with Crippen LogP contribution in [0.15, 0.2) is 37.1 Å². The molecule has 116 valence electrons. The van der Waals surface area contributed by atoms with Gasteiger partial charge in [0.2, 0.25) is 0 Å². The summed E-state index contributed by atoms with van der Waals surface area (Å²) in [6.45, 7) is 4.50. The van der Waals surface area contributed by atoms with Crippen LogP contribution in [0, 0.1) is 11.8 Å². The molecule has 0 aromatic carbocycles. The van der Waals surface area contributed by atoms with Crippen LogP contribution in [-0.2, 0) is 0 Å². The molecule has 3 atom stereocenters. The van der Waals surface area contributed by atoms with Gasteiger partial charge in [-0.25, -0.2) is 4.98 Å². The number of aromatic nitrogens is 3. The smallest absolute Gasteiger partial charge is 0.270 e. The molecule has 2 aromatic heterocycles. The number of hydrogen-bond donors (Lipinski definition) is 1. The standard InChI is InChI=1S/C17H22N4O/c1-12-3-4-15(13(2)9-12)20-17(22)16-10-14(5-6-19-16)21-8-7-18-11-21/h5-8,10-13,15H,3-4,9H2,1-2H3,(H,20,22). The van der Waals surface area contributed by atoms with Gasteiger partial charge < -0.3 is 9.88 Å². The molecule has 1 fully saturated rings. The van der Waals surface area contributed by atoms with Crippen molar-refractivity contribution in [1.29, 1.82) is 0 Å². The van der Waals surface area contributed by atoms with E-state index in [4.69, 9.17) is 0 Å². The quantitative estimate of drug-likeness (QED) is 0.948. The SMILES string of the molecule is CC1CCC(NC(=O)c2cc(-n3ccnc3)ccn2)C(C)C1. The molecule has 22 heavy (non-hydrogen) atoms. The number of nitrogens with one attached hydrogen (secondary N) is 1. The zero-order valence-corrected chi connectivity index (χ0v) is 13.1. The fourth-order valence-corrected chi connectivity index (χ4v) is 3.24. The van der Waals surface area contributed by atoms with E-state index in [-0.39, 0.29) is 11.9 Å². The lowest BCUT2D eigenvalue weighted by Gasteiger charge is -2.33. The molecule has 0 radical (unpaired) electrons. The number of rotatable bonds is 3. The molecular formula is C17H22N4O. The number of imidazole rings is 1. The highest BCUT2D eigenvalue weighted by molar-refractivity contribution is 5.92. The molecule has 1 N–H and O–H groups in total. The summed E-state index contributed by atoms with van der Waals surface area (Å²) in [4.78, 5) is 20.7. The molecule has 1 aliphatic carbocycles. The summed E-state index contributed by atoms with van der Waals surface area (Å²) in [7, 11) is 0. The minimum Gasteiger partial charge on any atom is -0.348 e. The van der Waals surface area contributed by atoms with Crippen molar-refractivity contribution in [3.8, 4) is 5.69 Å². The lowest BCUT2D eigenvalue weighted by molar-refractivity contribution is 0.0894. The molecule has 5 heteroatoms. The van der Waals surface area contributed by atoms with Crippen LogP contribution in [0.2, 0.25) is 0 Å². The van der Waals surface area contributed by atoms with Crippen molar-refractivity contribution in [2.24, 2.45) is 11.8 Å². The fraction of sp³-hybridized carbons (Fsp3) is 0.471. The summed E-state index contributed by atoms with van der Waals surface area (Å²) in [5.74, 6) is 1.18. The molecule has 0 saturated heterocycles. The largest absolute Gasteiger partial charge is 0.348 e. The van der Waals surface area contributed by atoms with Crippen molar-refractivity contribution in [2.45, 2.75) is 39.2 Å². The Morgan fingerprint density at radius 2 is 2.18 bits per heavy atom. The van der Waals surface area contributed by atoms with Crippen molar-refractivity contribution in [3.05, 3.63) is 42.7 Å². The first-order valence-electron chi connectivity index (χ1n) is 7.88. The van der Waals surface area contributed by atoms with Gasteiger partial charge in [0.25, 0.3) is 5.91 Å². The van der Waals surface area contributed by atoms with Crippen molar-refractivity contribution in [3.63, 3.8) is 0 Å². The van der Waals surface area contributed by atoms with Gasteiger partial charge in [-0.05, 0) is 43.2 Å². The Labute approximate surface area is 130 Å². The maximum atomic E-state index is 12.5. The number of hydrogen-bond acceptors (Lipinski definition) is 3. The number of carbonyl (C=O) groups excluding carboxylic acids is 1. The van der Waals surface area contributed by atoms with E-state index in [1.165, 1.54) is 12.8 Å². The van der Waals surface area contributed by atoms with Gasteiger partial charge in [0.1, 0.15) is 5.69 Å². The maximum Gasteiger partial charge on any atom is 0.270 e. The van der Waals surface area contributed by atoms with Crippen LogP contribution in [0.3, 0.4) is 0 Å². The van der Waals surface area contributed by atoms with Crippen LogP contribution in [0.1, 0.15) is 43.6 Å². The molecule has 0 aliphatic heterocycles. The second-order valence-corrected chi connectivity index (χ2v) is 6.34. The first-order chi connectivity index (χ1) is 10.6. The topological polar surface area (TPSA) is 59.8 Å². The number of nitrogens with zero attached hydrogens (tertiary/aromatic N) is 3. The molecule has 5 nitrogen and oxygen atoms in total. The Balaban J connectivity index is 1.71. The summed E-state index contributed by atoms with van der Waals surface area (Å²) in [6.07, 6.45) is 10.3. The van der Waals surface area contributed by atoms with Crippen molar-refractivity contribution < 1.29 is 4.79 Å². The Morgan fingerprint density at radius 3 is 2.91 bits per heavy atom. The second-order valence-electron chi connectivity index (χ2n) is 6.34. The minimum absolute atomic E-state index is 0.0895. The van der Waals surface area contributed by atoms with Crippen molar-refractivity contribution >= 4 is 5.91 Å². The average Bonchev–Trinajstić information content (AvgIpc) is 3.04. The minimum atomic E-state index is -0.0895. The maximum absolute atomic E-state index is 12.5. The zero-order valence-electron chi connectivity index (χ0n) is 13.1. The van der Waals surface area contributed by atoms with Crippen LogP contribution < -0.4 is 5.32 Å². The number of carbonyl (C=O) groups is 1. The lowest BCUT2D eigenvalue weighted by atomic mass is 9.80. The monoisotopic (exact) mass is 298 g/mol. The van der Waals surface area contributed by atoms with E-state index in [2.05, 4.69) is 29.1 Å². The van der Waals surface area contributed by atoms with Crippen molar-refractivity contribution in [1.82, 2.24) is 19.9 Å². The molecule has 3 unspecified atom stereocenters. The summed E-state index contributed by atoms with van der Waals surface area (Å²) < 4.78 is 1.86. The first-order valence-corrected chi connectivity index (χ1v) is 7.88. The van der Waals surface area contributed by atoms with E-state index >= 15 is 0 Å². The van der Waals surface area contributed by atoms with Gasteiger partial charge in [-0.2, -0.15) is 0 Å². The normalized spacial score (nSPS) is 24.9. The van der Waals surface area contributed by atoms with E-state index in [1.54, 1.807) is 24.8 Å². The summed E-state index contributed by atoms with van der Waals surface area (Å²) in [6, 6.07) is 3.92. The Kier molecular flexibility index (Phi) is 4.22. The van der Waals surface area contributed by atoms with Crippen LogP contribution in [0.4, 0.5) is 0 Å². The zero-order chi connectivity index (χ0) is 15.5. The van der Waals surface area contributed by atoms with E-state index in [1.807, 2.05) is 16.8 Å². The van der Waals surface area contributed by atoms with Crippen LogP contribution in [0.5, 0.6) is 0 Å². The molecule has 1 aliphatic rings. The summed E-state index contributed by atoms with van der Waals surface area (Å²) in [5.41, 5.74) is 1.35. The number of amides is 1. The van der Waals surface area contributed by atoms with Gasteiger partial charge in [-0.1, -0.05) is 13.8 Å². The second kappa shape index (κ2) is 6.30. The van der Waals surface area contributed by atoms with E-state index < -0.39 is 0 Å². The Morgan fingerprint density at radius 1 is 1.32 bits per heavy atom. The summed E-state index contributed by atoms with van der Waals surface area (Å²) in [5, 5.41) is 3.15. The molecule has 1 saturated carbocycles. The van der Waals surface area contributed by atoms with E-state index in [0.717, 1.165) is 18.0 Å². The highest BCUT2D eigenvalue weighted by atomic mass is 16.1. The van der Waals surface area contributed by atoms with Crippen LogP contribution in [0.25, 0.3) is 5.69 Å². The molecule has 2 heterocycles. The molecular weight excluding hydrogens is 276 g/mol. The summed E-state index contributed by atoms with van der Waals surface area (Å²) >= 11 is 0. The highest BCUT2D eigenvalue weighted by Crippen LogP contribution is 2.28. The predicted molar refractivity (Wildman–Crippen MR) is 84.8 cm³/mol. The molecule has 0 spiro atoms. The van der Waals surface area contributed by atoms with Crippen molar-refractivity contribution in [2.75, 3.05) is 0 Å². The van der Waals surface area contributed by atoms with E-state index in [0.29, 0.717) is 11.6 Å². The third-order valence-electron chi connectivity index (χ3n) is 4.53. The number of pyridine rings is 1. The highest BCUT2D eigenvalue weighted by Gasteiger charge is 2.27. The Bertz CT molecular complexity index is 638. The first kappa shape index (κ1) is 14.8.